The lowest BCUT2D eigenvalue weighted by molar-refractivity contribution is 0.702. The third kappa shape index (κ3) is 14.8. The summed E-state index contributed by atoms with van der Waals surface area (Å²) in [6, 6.07) is 6.57. The first kappa shape index (κ1) is 31.5. The SMILES string of the molecule is C=C.C=Cc1cccc(SC2CCCCCC2)c1/C=C\C.CC.CC.CCC. The minimum atomic E-state index is 0.798. The monoisotopic (exact) mass is 404 g/mol. The second-order valence-electron chi connectivity index (χ2n) is 5.90. The van der Waals surface area contributed by atoms with E-state index in [0.29, 0.717) is 0 Å². The summed E-state index contributed by atoms with van der Waals surface area (Å²) >= 11 is 2.07. The van der Waals surface area contributed by atoms with Crippen LogP contribution in [0.1, 0.15) is 105 Å². The average Bonchev–Trinajstić information content (AvgIpc) is 3.03. The zero-order valence-electron chi connectivity index (χ0n) is 20.0. The first-order valence-corrected chi connectivity index (χ1v) is 12.2. The molecule has 0 aromatic heterocycles. The maximum absolute atomic E-state index is 3.93. The van der Waals surface area contributed by atoms with E-state index in [4.69, 9.17) is 0 Å². The van der Waals surface area contributed by atoms with E-state index >= 15 is 0 Å². The van der Waals surface area contributed by atoms with E-state index in [0.717, 1.165) is 5.25 Å². The van der Waals surface area contributed by atoms with Gasteiger partial charge < -0.3 is 0 Å². The number of hydrogen-bond acceptors (Lipinski definition) is 1. The Bertz CT molecular complexity index is 465. The van der Waals surface area contributed by atoms with Gasteiger partial charge in [0.2, 0.25) is 0 Å². The fraction of sp³-hybridized carbons (Fsp3) is 0.556. The van der Waals surface area contributed by atoms with Gasteiger partial charge in [-0.1, -0.05) is 111 Å². The predicted octanol–water partition coefficient (Wildman–Crippen LogP) is 10.4. The Morgan fingerprint density at radius 2 is 1.46 bits per heavy atom. The molecule has 0 amide bonds. The van der Waals surface area contributed by atoms with Crippen LogP contribution >= 0.6 is 11.8 Å². The van der Waals surface area contributed by atoms with E-state index in [1.54, 1.807) is 0 Å². The molecule has 1 fully saturated rings. The Morgan fingerprint density at radius 1 is 0.964 bits per heavy atom. The van der Waals surface area contributed by atoms with Crippen molar-refractivity contribution in [1.29, 1.82) is 0 Å². The van der Waals surface area contributed by atoms with E-state index in [2.05, 4.69) is 82.6 Å². The smallest absolute Gasteiger partial charge is 0.0153 e. The molecule has 1 aromatic rings. The summed E-state index contributed by atoms with van der Waals surface area (Å²) in [7, 11) is 0. The maximum atomic E-state index is 3.93. The van der Waals surface area contributed by atoms with Crippen molar-refractivity contribution in [3.05, 3.63) is 55.1 Å². The van der Waals surface area contributed by atoms with Crippen LogP contribution in [0.4, 0.5) is 0 Å². The zero-order chi connectivity index (χ0) is 22.2. The fourth-order valence-corrected chi connectivity index (χ4v) is 4.12. The van der Waals surface area contributed by atoms with Gasteiger partial charge in [0.05, 0.1) is 0 Å². The van der Waals surface area contributed by atoms with Crippen LogP contribution in [-0.4, -0.2) is 5.25 Å². The minimum absolute atomic E-state index is 0.798. The molecule has 1 aliphatic rings. The Balaban J connectivity index is -0.000000604. The van der Waals surface area contributed by atoms with Crippen LogP contribution in [-0.2, 0) is 0 Å². The molecular formula is C27H48S. The average molecular weight is 405 g/mol. The predicted molar refractivity (Wildman–Crippen MR) is 139 cm³/mol. The van der Waals surface area contributed by atoms with Crippen LogP contribution in [0.2, 0.25) is 0 Å². The molecule has 2 rings (SSSR count). The Labute approximate surface area is 182 Å². The van der Waals surface area contributed by atoms with Gasteiger partial charge in [0.25, 0.3) is 0 Å². The number of hydrogen-bond donors (Lipinski definition) is 0. The van der Waals surface area contributed by atoms with Crippen molar-refractivity contribution >= 4 is 23.9 Å². The third-order valence-electron chi connectivity index (χ3n) is 3.75. The molecule has 28 heavy (non-hydrogen) atoms. The summed E-state index contributed by atoms with van der Waals surface area (Å²) < 4.78 is 0. The lowest BCUT2D eigenvalue weighted by atomic mass is 10.1. The van der Waals surface area contributed by atoms with E-state index in [9.17, 15) is 0 Å². The van der Waals surface area contributed by atoms with Gasteiger partial charge in [-0.25, -0.2) is 0 Å². The lowest BCUT2D eigenvalue weighted by Gasteiger charge is -2.16. The summed E-state index contributed by atoms with van der Waals surface area (Å²) in [4.78, 5) is 1.42. The second-order valence-corrected chi connectivity index (χ2v) is 7.24. The van der Waals surface area contributed by atoms with Gasteiger partial charge in [-0.3, -0.25) is 0 Å². The highest BCUT2D eigenvalue weighted by molar-refractivity contribution is 8.00. The molecule has 1 aromatic carbocycles. The normalized spacial score (nSPS) is 13.1. The molecule has 0 spiro atoms. The highest BCUT2D eigenvalue weighted by atomic mass is 32.2. The van der Waals surface area contributed by atoms with Gasteiger partial charge in [-0.2, -0.15) is 0 Å². The van der Waals surface area contributed by atoms with Crippen LogP contribution in [0.25, 0.3) is 12.2 Å². The van der Waals surface area contributed by atoms with Gasteiger partial charge in [0, 0.05) is 10.1 Å². The van der Waals surface area contributed by atoms with Crippen molar-refractivity contribution in [2.75, 3.05) is 0 Å². The molecule has 0 saturated heterocycles. The molecule has 1 heteroatoms. The van der Waals surface area contributed by atoms with Crippen LogP contribution in [0.15, 0.2) is 48.9 Å². The minimum Gasteiger partial charge on any atom is -0.122 e. The highest BCUT2D eigenvalue weighted by Crippen LogP contribution is 2.36. The zero-order valence-corrected chi connectivity index (χ0v) is 20.8. The van der Waals surface area contributed by atoms with E-state index in [-0.39, 0.29) is 0 Å². The van der Waals surface area contributed by atoms with Gasteiger partial charge in [0.1, 0.15) is 0 Å². The van der Waals surface area contributed by atoms with Crippen molar-refractivity contribution in [1.82, 2.24) is 0 Å². The van der Waals surface area contributed by atoms with Crippen molar-refractivity contribution < 1.29 is 0 Å². The third-order valence-corrected chi connectivity index (χ3v) is 5.16. The van der Waals surface area contributed by atoms with Crippen LogP contribution in [0, 0.1) is 0 Å². The largest absolute Gasteiger partial charge is 0.122 e. The molecule has 162 valence electrons. The Hall–Kier alpha value is -1.21. The molecule has 0 radical (unpaired) electrons. The van der Waals surface area contributed by atoms with E-state index in [1.165, 1.54) is 61.0 Å². The molecule has 0 unspecified atom stereocenters. The number of rotatable bonds is 4. The maximum Gasteiger partial charge on any atom is 0.0153 e. The molecule has 0 atom stereocenters. The summed E-state index contributed by atoms with van der Waals surface area (Å²) in [5.41, 5.74) is 2.59. The quantitative estimate of drug-likeness (QED) is 0.355. The molecule has 0 nitrogen and oxygen atoms in total. The van der Waals surface area contributed by atoms with Gasteiger partial charge in [0.15, 0.2) is 0 Å². The molecule has 0 bridgehead atoms. The molecule has 0 heterocycles. The number of benzene rings is 1. The first-order chi connectivity index (χ1) is 13.8. The molecule has 1 aliphatic carbocycles. The number of thioether (sulfide) groups is 1. The lowest BCUT2D eigenvalue weighted by Crippen LogP contribution is -2.01. The van der Waals surface area contributed by atoms with Crippen LogP contribution < -0.4 is 0 Å². The summed E-state index contributed by atoms with van der Waals surface area (Å²) in [6.07, 6.45) is 15.9. The van der Waals surface area contributed by atoms with Crippen molar-refractivity contribution in [2.45, 2.75) is 104 Å². The topological polar surface area (TPSA) is 0 Å². The van der Waals surface area contributed by atoms with Crippen LogP contribution in [0.5, 0.6) is 0 Å². The van der Waals surface area contributed by atoms with Gasteiger partial charge in [-0.15, -0.1) is 24.9 Å². The highest BCUT2D eigenvalue weighted by Gasteiger charge is 2.15. The standard InChI is InChI=1S/C18H24S.C3H8.2C2H6.C2H4/c1-3-10-17-15(4-2)11-9-14-18(17)19-16-12-7-5-6-8-13-16;1-3-2;3*1-2/h3-4,9-11,14,16H,2,5-8,12-13H2,1H3;3H2,1-2H3;2*1-2H3;1-2H2/b10-3-;;;;. The second kappa shape index (κ2) is 25.8. The molecule has 0 N–H and O–H groups in total. The fourth-order valence-electron chi connectivity index (χ4n) is 2.73. The Kier molecular flexibility index (Phi) is 29.0. The van der Waals surface area contributed by atoms with Gasteiger partial charge >= 0.3 is 0 Å². The summed E-state index contributed by atoms with van der Waals surface area (Å²) in [6.45, 7) is 24.3. The molecular weight excluding hydrogens is 356 g/mol. The number of allylic oxidation sites excluding steroid dienone is 1. The van der Waals surface area contributed by atoms with Crippen molar-refractivity contribution in [3.63, 3.8) is 0 Å². The van der Waals surface area contributed by atoms with Crippen molar-refractivity contribution in [2.24, 2.45) is 0 Å². The first-order valence-electron chi connectivity index (χ1n) is 11.3. The Morgan fingerprint density at radius 3 is 1.89 bits per heavy atom. The van der Waals surface area contributed by atoms with Crippen molar-refractivity contribution in [3.8, 4) is 0 Å². The summed E-state index contributed by atoms with van der Waals surface area (Å²) in [5.74, 6) is 0. The molecule has 1 saturated carbocycles. The molecule has 0 aliphatic heterocycles. The van der Waals surface area contributed by atoms with Gasteiger partial charge in [-0.05, 0) is 37.0 Å². The summed E-state index contributed by atoms with van der Waals surface area (Å²) in [5, 5.41) is 0.798. The van der Waals surface area contributed by atoms with E-state index in [1.807, 2.05) is 33.8 Å². The van der Waals surface area contributed by atoms with E-state index < -0.39 is 0 Å². The van der Waals surface area contributed by atoms with Crippen LogP contribution in [0.3, 0.4) is 0 Å².